The third-order valence-electron chi connectivity index (χ3n) is 22.3. The van der Waals surface area contributed by atoms with Crippen LogP contribution in [-0.4, -0.2) is 4.70 Å². The second-order valence-corrected chi connectivity index (χ2v) is 32.0. The van der Waals surface area contributed by atoms with E-state index in [1.807, 2.05) is 0 Å². The fourth-order valence-electron chi connectivity index (χ4n) is 15.6. The van der Waals surface area contributed by atoms with Gasteiger partial charge >= 0.3 is 16.5 Å². The molecule has 2 aromatic carbocycles. The van der Waals surface area contributed by atoms with Crippen LogP contribution in [0.15, 0.2) is 35.9 Å². The van der Waals surface area contributed by atoms with Crippen molar-refractivity contribution in [3.05, 3.63) is 99.8 Å². The molecule has 3 rings (SSSR count). The van der Waals surface area contributed by atoms with Gasteiger partial charge < -0.3 is 19.4 Å². The number of unbranched alkanes of at least 4 members (excludes halogenated alkanes) is 55. The van der Waals surface area contributed by atoms with Crippen molar-refractivity contribution in [2.24, 2.45) is 0 Å². The van der Waals surface area contributed by atoms with Gasteiger partial charge in [-0.1, -0.05) is 415 Å². The summed E-state index contributed by atoms with van der Waals surface area (Å²) >= 11 is 0. The van der Waals surface area contributed by atoms with E-state index >= 15 is 0 Å². The third kappa shape index (κ3) is 53.5. The first-order chi connectivity index (χ1) is 49.3. The van der Waals surface area contributed by atoms with Gasteiger partial charge in [0.15, 0.2) is 0 Å². The molecular formula is C98H178N2Ni. The number of rotatable bonds is 71. The molecule has 0 bridgehead atoms. The largest absolute Gasteiger partial charge is 2.00 e. The van der Waals surface area contributed by atoms with Gasteiger partial charge in [-0.15, -0.1) is 0 Å². The van der Waals surface area contributed by atoms with Crippen LogP contribution in [0.4, 0.5) is 0 Å². The number of allylic oxidation sites excluding steroid dienone is 2. The van der Waals surface area contributed by atoms with Crippen LogP contribution >= 0.6 is 0 Å². The van der Waals surface area contributed by atoms with Gasteiger partial charge in [0.25, 0.3) is 0 Å². The Bertz CT molecular complexity index is 2030. The molecule has 0 N–H and O–H groups in total. The topological polar surface area (TPSA) is 25.3 Å². The third-order valence-corrected chi connectivity index (χ3v) is 22.3. The fraction of sp³-hybridized carbons (Fsp3) is 0.816. The molecule has 0 fully saturated rings. The number of aryl methyl sites for hydroxylation is 4. The zero-order chi connectivity index (χ0) is 72.7. The van der Waals surface area contributed by atoms with Gasteiger partial charge in [-0.3, -0.25) is 0 Å². The van der Waals surface area contributed by atoms with Gasteiger partial charge in [0, 0.05) is 22.8 Å². The molecule has 0 radical (unpaired) electrons. The molecule has 0 atom stereocenters. The van der Waals surface area contributed by atoms with Crippen LogP contribution in [0.5, 0.6) is 0 Å². The van der Waals surface area contributed by atoms with Crippen LogP contribution in [0, 0.1) is 13.8 Å². The minimum absolute atomic E-state index is 0. The van der Waals surface area contributed by atoms with Crippen LogP contribution < -0.4 is 0 Å². The Labute approximate surface area is 646 Å². The smallest absolute Gasteiger partial charge is 0.493 e. The number of hydrogen-bond acceptors (Lipinski definition) is 0. The maximum atomic E-state index is 12.8. The van der Waals surface area contributed by atoms with E-state index in [0.717, 1.165) is 56.3 Å². The standard InChI is InChI=1S/C60H100N2.2C19H39.Ni/c1-8-15-22-29-30-35-42-54-49-59(55-45-50(38-31-23-16-9-2)57(43-36-27-20-13-6)51(46-55)39-32-24-17-10-3)62(61)60(54)56-47-52(40-33-25-18-11-4)58(44-37-28-21-14-7)53(48-56)41-34-26-19-12-5;2*1-3-5-7-9-11-13-15-17-19-18-16-14-12-10-8-6-4-2;/h45-49H,8-44H2,1-7H3;2*1,3-19H2,2H3;/q;2*-1;+2. The monoisotopic (exact) mass is 1440 g/mol. The molecule has 0 aromatic heterocycles. The first-order valence-corrected chi connectivity index (χ1v) is 46.1. The number of nitrogens with zero attached hydrogens (tertiary/aromatic N) is 2. The molecule has 590 valence electrons. The van der Waals surface area contributed by atoms with Crippen molar-refractivity contribution < 1.29 is 21.2 Å². The van der Waals surface area contributed by atoms with Crippen molar-refractivity contribution in [2.45, 2.75) is 518 Å². The van der Waals surface area contributed by atoms with Crippen LogP contribution in [0.2, 0.25) is 0 Å². The maximum absolute atomic E-state index is 12.8. The van der Waals surface area contributed by atoms with Crippen LogP contribution in [-0.2, 0) is 55.0 Å². The van der Waals surface area contributed by atoms with Crippen molar-refractivity contribution in [3.63, 3.8) is 0 Å². The van der Waals surface area contributed by atoms with Gasteiger partial charge in [-0.05, 0) is 148 Å². The van der Waals surface area contributed by atoms with Gasteiger partial charge in [-0.25, -0.2) is 4.70 Å². The van der Waals surface area contributed by atoms with Crippen molar-refractivity contribution in [1.29, 1.82) is 0 Å². The van der Waals surface area contributed by atoms with E-state index in [1.165, 1.54) is 428 Å². The molecule has 101 heavy (non-hydrogen) atoms. The Kier molecular flexibility index (Phi) is 74.7. The van der Waals surface area contributed by atoms with E-state index in [9.17, 15) is 5.53 Å². The molecule has 1 aliphatic heterocycles. The molecule has 3 heteroatoms. The SMILES string of the molecule is CCCCCCCCC1=C(c2cc(CCCCCC)c(CCCCCC)c(CCCCCC)c2)[N+](=[N-])C(c2cc(CCCCCC)c(CCCCCC)c(CCCCCC)c2)=C1.[CH2-]CCCCCCCCCCCCCCCCCC.[CH2-]CCCCCCCCCCCCCCCCCC.[Ni+2]. The predicted molar refractivity (Wildman–Crippen MR) is 456 cm³/mol. The molecule has 2 nitrogen and oxygen atoms in total. The average molecular weight is 1440 g/mol. The molecule has 0 saturated carbocycles. The molecule has 0 amide bonds. The normalized spacial score (nSPS) is 12.1. The van der Waals surface area contributed by atoms with E-state index in [2.05, 4.69) is 107 Å². The van der Waals surface area contributed by atoms with E-state index in [1.54, 1.807) is 38.1 Å². The van der Waals surface area contributed by atoms with E-state index in [-0.39, 0.29) is 16.5 Å². The Morgan fingerprint density at radius 3 is 0.663 bits per heavy atom. The predicted octanol–water partition coefficient (Wildman–Crippen LogP) is 34.9. The van der Waals surface area contributed by atoms with Crippen molar-refractivity contribution >= 4 is 11.4 Å². The minimum Gasteiger partial charge on any atom is -0.493 e. The molecule has 0 saturated heterocycles. The Balaban J connectivity index is 0.00000208. The summed E-state index contributed by atoms with van der Waals surface area (Å²) in [5.74, 6) is 0. The summed E-state index contributed by atoms with van der Waals surface area (Å²) < 4.78 is 1.68. The first kappa shape index (κ1) is 99.0. The van der Waals surface area contributed by atoms with Gasteiger partial charge in [-0.2, -0.15) is 12.8 Å². The van der Waals surface area contributed by atoms with Gasteiger partial charge in [0.1, 0.15) is 0 Å². The molecule has 2 aromatic rings. The Morgan fingerprint density at radius 2 is 0.426 bits per heavy atom. The molecule has 0 unspecified atom stereocenters. The second kappa shape index (κ2) is 76.2. The van der Waals surface area contributed by atoms with Crippen molar-refractivity contribution in [2.75, 3.05) is 0 Å². The van der Waals surface area contributed by atoms with Crippen molar-refractivity contribution in [3.8, 4) is 0 Å². The average Bonchev–Trinajstić information content (AvgIpc) is 1.66. The number of hydrogen-bond donors (Lipinski definition) is 0. The van der Waals surface area contributed by atoms with Gasteiger partial charge in [0.2, 0.25) is 11.4 Å². The fourth-order valence-corrected chi connectivity index (χ4v) is 15.6. The van der Waals surface area contributed by atoms with Crippen LogP contribution in [0.1, 0.15) is 524 Å². The zero-order valence-corrected chi connectivity index (χ0v) is 71.2. The Hall–Kier alpha value is -1.99. The van der Waals surface area contributed by atoms with Gasteiger partial charge in [0.05, 0.1) is 0 Å². The summed E-state index contributed by atoms with van der Waals surface area (Å²) in [7, 11) is 0. The zero-order valence-electron chi connectivity index (χ0n) is 70.2. The van der Waals surface area contributed by atoms with Crippen molar-refractivity contribution in [1.82, 2.24) is 0 Å². The summed E-state index contributed by atoms with van der Waals surface area (Å²) in [5.41, 5.74) is 28.3. The molecule has 0 spiro atoms. The second-order valence-electron chi connectivity index (χ2n) is 32.0. The number of benzene rings is 2. The van der Waals surface area contributed by atoms with E-state index in [4.69, 9.17) is 0 Å². The summed E-state index contributed by atoms with van der Waals surface area (Å²) in [6.07, 6.45) is 98.0. The molecule has 1 aliphatic rings. The summed E-state index contributed by atoms with van der Waals surface area (Å²) in [6.45, 7) is 28.7. The molecular weight excluding hydrogens is 1260 g/mol. The van der Waals surface area contributed by atoms with Crippen LogP contribution in [0.3, 0.4) is 0 Å². The van der Waals surface area contributed by atoms with E-state index < -0.39 is 0 Å². The first-order valence-electron chi connectivity index (χ1n) is 46.1. The van der Waals surface area contributed by atoms with Crippen LogP contribution in [0.25, 0.3) is 16.9 Å². The van der Waals surface area contributed by atoms with E-state index in [0.29, 0.717) is 0 Å². The quantitative estimate of drug-likeness (QED) is 0.0273. The summed E-state index contributed by atoms with van der Waals surface area (Å²) in [6, 6.07) is 10.2. The minimum atomic E-state index is 0. The molecule has 0 aliphatic carbocycles. The summed E-state index contributed by atoms with van der Waals surface area (Å²) in [5, 5.41) is 0. The maximum Gasteiger partial charge on any atom is 2.00 e. The molecule has 1 heterocycles. The Morgan fingerprint density at radius 1 is 0.238 bits per heavy atom. The summed E-state index contributed by atoms with van der Waals surface area (Å²) in [4.78, 5) is 0.